The lowest BCUT2D eigenvalue weighted by Gasteiger charge is -2.33. The van der Waals surface area contributed by atoms with Crippen molar-refractivity contribution >= 4 is 29.9 Å². The van der Waals surface area contributed by atoms with Gasteiger partial charge in [0.25, 0.3) is 0 Å². The highest BCUT2D eigenvalue weighted by Gasteiger charge is 2.25. The maximum absolute atomic E-state index is 10.7. The molecule has 0 saturated carbocycles. The summed E-state index contributed by atoms with van der Waals surface area (Å²) in [7, 11) is 0. The molecule has 1 aromatic rings. The van der Waals surface area contributed by atoms with Crippen molar-refractivity contribution in [2.75, 3.05) is 59.1 Å². The molecule has 0 spiro atoms. The van der Waals surface area contributed by atoms with Crippen LogP contribution in [0.25, 0.3) is 0 Å². The number of nitrogens with one attached hydrogen (secondary N) is 2. The molecule has 0 aliphatic carbocycles. The van der Waals surface area contributed by atoms with E-state index in [0.717, 1.165) is 57.5 Å². The van der Waals surface area contributed by atoms with Crippen LogP contribution in [-0.2, 0) is 11.2 Å². The van der Waals surface area contributed by atoms with Gasteiger partial charge in [-0.05, 0) is 38.8 Å². The molecule has 3 N–H and O–H groups in total. The van der Waals surface area contributed by atoms with Crippen LogP contribution in [0.1, 0.15) is 26.3 Å². The first-order valence-electron chi connectivity index (χ1n) is 10.3. The van der Waals surface area contributed by atoms with E-state index in [4.69, 9.17) is 9.47 Å². The number of guanidine groups is 1. The van der Waals surface area contributed by atoms with Crippen molar-refractivity contribution in [2.45, 2.75) is 32.8 Å². The summed E-state index contributed by atoms with van der Waals surface area (Å²) in [6.07, 6.45) is 0.838. The van der Waals surface area contributed by atoms with Crippen molar-refractivity contribution in [3.63, 3.8) is 0 Å². The zero-order chi connectivity index (χ0) is 20.2. The summed E-state index contributed by atoms with van der Waals surface area (Å²) in [6, 6.07) is 8.11. The molecule has 0 bridgehead atoms. The smallest absolute Gasteiger partial charge is 0.191 e. The molecule has 166 valence electrons. The normalized spacial score (nSPS) is 17.2. The van der Waals surface area contributed by atoms with E-state index in [1.165, 1.54) is 5.56 Å². The molecule has 0 aromatic heterocycles. The average molecular weight is 520 g/mol. The third kappa shape index (κ3) is 9.97. The molecule has 1 saturated heterocycles. The second-order valence-corrected chi connectivity index (χ2v) is 7.30. The number of hydrogen-bond donors (Lipinski definition) is 3. The first-order valence-corrected chi connectivity index (χ1v) is 10.3. The molecule has 1 atom stereocenters. The van der Waals surface area contributed by atoms with Gasteiger partial charge in [-0.1, -0.05) is 18.2 Å². The number of morpholine rings is 1. The Balaban J connectivity index is 0.00000420. The second-order valence-electron chi connectivity index (χ2n) is 7.30. The third-order valence-electron chi connectivity index (χ3n) is 4.55. The first-order chi connectivity index (χ1) is 13.5. The summed E-state index contributed by atoms with van der Waals surface area (Å²) in [5.74, 6) is 1.65. The van der Waals surface area contributed by atoms with Gasteiger partial charge in [0.15, 0.2) is 5.96 Å². The van der Waals surface area contributed by atoms with Gasteiger partial charge in [-0.3, -0.25) is 9.89 Å². The predicted octanol–water partition coefficient (Wildman–Crippen LogP) is 1.88. The molecule has 0 amide bonds. The fraction of sp³-hybridized carbons (Fsp3) is 0.667. The van der Waals surface area contributed by atoms with Gasteiger partial charge in [-0.2, -0.15) is 0 Å². The van der Waals surface area contributed by atoms with Crippen molar-refractivity contribution in [1.82, 2.24) is 15.5 Å². The van der Waals surface area contributed by atoms with Crippen LogP contribution in [0.2, 0.25) is 0 Å². The number of benzene rings is 1. The highest BCUT2D eigenvalue weighted by atomic mass is 127. The summed E-state index contributed by atoms with van der Waals surface area (Å²) in [5, 5.41) is 17.3. The van der Waals surface area contributed by atoms with Crippen LogP contribution in [0.15, 0.2) is 29.3 Å². The van der Waals surface area contributed by atoms with Gasteiger partial charge in [0.1, 0.15) is 5.75 Å². The molecular weight excluding hydrogens is 483 g/mol. The number of rotatable bonds is 10. The summed E-state index contributed by atoms with van der Waals surface area (Å²) >= 11 is 0. The first kappa shape index (κ1) is 25.9. The van der Waals surface area contributed by atoms with E-state index in [1.54, 1.807) is 0 Å². The molecule has 1 fully saturated rings. The molecule has 1 aromatic carbocycles. The number of aliphatic imine (C=N–C) groups is 1. The fourth-order valence-corrected chi connectivity index (χ4v) is 3.20. The van der Waals surface area contributed by atoms with Crippen LogP contribution in [0.5, 0.6) is 5.75 Å². The molecule has 1 aliphatic heterocycles. The molecule has 1 unspecified atom stereocenters. The van der Waals surface area contributed by atoms with E-state index in [0.29, 0.717) is 19.7 Å². The molecule has 1 heterocycles. The Bertz CT molecular complexity index is 607. The summed E-state index contributed by atoms with van der Waals surface area (Å²) in [4.78, 5) is 6.82. The average Bonchev–Trinajstić information content (AvgIpc) is 2.68. The lowest BCUT2D eigenvalue weighted by atomic mass is 10.1. The number of nitrogens with zero attached hydrogens (tertiary/aromatic N) is 2. The van der Waals surface area contributed by atoms with Crippen LogP contribution in [0.3, 0.4) is 0 Å². The van der Waals surface area contributed by atoms with Gasteiger partial charge < -0.3 is 25.2 Å². The Morgan fingerprint density at radius 2 is 1.97 bits per heavy atom. The lowest BCUT2D eigenvalue weighted by Crippen LogP contribution is -2.48. The summed E-state index contributed by atoms with van der Waals surface area (Å²) in [5.41, 5.74) is 0.299. The van der Waals surface area contributed by atoms with Gasteiger partial charge in [-0.15, -0.1) is 24.0 Å². The summed E-state index contributed by atoms with van der Waals surface area (Å²) < 4.78 is 11.1. The van der Waals surface area contributed by atoms with E-state index in [9.17, 15) is 5.11 Å². The van der Waals surface area contributed by atoms with Crippen molar-refractivity contribution < 1.29 is 14.6 Å². The van der Waals surface area contributed by atoms with Crippen molar-refractivity contribution in [3.05, 3.63) is 29.8 Å². The highest BCUT2D eigenvalue weighted by molar-refractivity contribution is 14.0. The van der Waals surface area contributed by atoms with Gasteiger partial charge in [0, 0.05) is 32.7 Å². The van der Waals surface area contributed by atoms with Crippen LogP contribution >= 0.6 is 24.0 Å². The second kappa shape index (κ2) is 14.0. The van der Waals surface area contributed by atoms with E-state index in [-0.39, 0.29) is 24.0 Å². The van der Waals surface area contributed by atoms with Crippen molar-refractivity contribution in [1.29, 1.82) is 0 Å². The number of para-hydroxylation sites is 1. The van der Waals surface area contributed by atoms with Gasteiger partial charge in [0.05, 0.1) is 32.0 Å². The maximum Gasteiger partial charge on any atom is 0.191 e. The number of β-amino-alcohol motifs (C(OH)–C–C–N with tert-alkyl or cyclic N) is 1. The topological polar surface area (TPSA) is 78.4 Å². The Kier molecular flexibility index (Phi) is 12.5. The molecule has 29 heavy (non-hydrogen) atoms. The zero-order valence-electron chi connectivity index (χ0n) is 17.9. The minimum absolute atomic E-state index is 0. The van der Waals surface area contributed by atoms with Gasteiger partial charge in [0.2, 0.25) is 0 Å². The Labute approximate surface area is 192 Å². The molecule has 8 heteroatoms. The molecule has 0 radical (unpaired) electrons. The predicted molar refractivity (Wildman–Crippen MR) is 129 cm³/mol. The number of aliphatic hydroxyl groups is 1. The SMILES string of the molecule is CCNC(=NCC(C)(O)CN1CCOCC1)NCCc1ccccc1OCC.I. The molecule has 7 nitrogen and oxygen atoms in total. The van der Waals surface area contributed by atoms with Crippen LogP contribution in [0, 0.1) is 0 Å². The van der Waals surface area contributed by atoms with Crippen LogP contribution in [0.4, 0.5) is 0 Å². The van der Waals surface area contributed by atoms with Crippen molar-refractivity contribution in [2.24, 2.45) is 4.99 Å². The van der Waals surface area contributed by atoms with E-state index in [2.05, 4.69) is 26.6 Å². The number of hydrogen-bond acceptors (Lipinski definition) is 5. The minimum Gasteiger partial charge on any atom is -0.494 e. The quantitative estimate of drug-likeness (QED) is 0.249. The molecule has 1 aliphatic rings. The van der Waals surface area contributed by atoms with E-state index < -0.39 is 5.60 Å². The fourth-order valence-electron chi connectivity index (χ4n) is 3.20. The summed E-state index contributed by atoms with van der Waals surface area (Å²) in [6.45, 7) is 12.2. The van der Waals surface area contributed by atoms with E-state index >= 15 is 0 Å². The van der Waals surface area contributed by atoms with Gasteiger partial charge >= 0.3 is 0 Å². The minimum atomic E-state index is -0.874. The molecular formula is C21H37IN4O3. The largest absolute Gasteiger partial charge is 0.494 e. The van der Waals surface area contributed by atoms with E-state index in [1.807, 2.05) is 39.0 Å². The Morgan fingerprint density at radius 3 is 2.66 bits per heavy atom. The lowest BCUT2D eigenvalue weighted by molar-refractivity contribution is -0.0179. The highest BCUT2D eigenvalue weighted by Crippen LogP contribution is 2.18. The number of ether oxygens (including phenoxy) is 2. The third-order valence-corrected chi connectivity index (χ3v) is 4.55. The van der Waals surface area contributed by atoms with Crippen LogP contribution in [-0.4, -0.2) is 80.7 Å². The Hall–Kier alpha value is -1.10. The Morgan fingerprint density at radius 1 is 1.24 bits per heavy atom. The van der Waals surface area contributed by atoms with Gasteiger partial charge in [-0.25, -0.2) is 0 Å². The monoisotopic (exact) mass is 520 g/mol. The van der Waals surface area contributed by atoms with Crippen LogP contribution < -0.4 is 15.4 Å². The molecule has 2 rings (SSSR count). The number of halogens is 1. The standard InChI is InChI=1S/C21H36N4O3.HI/c1-4-22-20(23-11-10-18-8-6-7-9-19(18)28-5-2)24-16-21(3,26)17-25-12-14-27-15-13-25;/h6-9,26H,4-5,10-17H2,1-3H3,(H2,22,23,24);1H. The zero-order valence-corrected chi connectivity index (χ0v) is 20.3. The maximum atomic E-state index is 10.7. The van der Waals surface area contributed by atoms with Crippen molar-refractivity contribution in [3.8, 4) is 5.75 Å².